The molecule has 0 bridgehead atoms. The number of nitrogens with zero attached hydrogens (tertiary/aromatic N) is 2. The van der Waals surface area contributed by atoms with E-state index in [4.69, 9.17) is 11.6 Å². The van der Waals surface area contributed by atoms with E-state index in [1.807, 2.05) is 30.3 Å². The molecule has 0 radical (unpaired) electrons. The number of halogens is 2. The lowest BCUT2D eigenvalue weighted by Crippen LogP contribution is -2.55. The van der Waals surface area contributed by atoms with E-state index in [1.165, 1.54) is 23.1 Å². The van der Waals surface area contributed by atoms with Crippen LogP contribution in [0.25, 0.3) is 0 Å². The standard InChI is InChI=1S/C31H35ClFN3O4S/c1-41(39,40)36(28-19-11-10-18-27(28)33)22-30(37)35(21-24-14-8-9-17-26(24)32)29(20-23-12-4-2-5-13-23)31(38)34-25-15-6-3-7-16-25/h2,4-5,8-14,17-19,25,29H,3,6-7,15-16,20-22H2,1H3,(H,34,38). The molecule has 0 heterocycles. The van der Waals surface area contributed by atoms with Gasteiger partial charge in [-0.05, 0) is 42.2 Å². The van der Waals surface area contributed by atoms with Crippen molar-refractivity contribution in [3.8, 4) is 0 Å². The number of nitrogens with one attached hydrogen (secondary N) is 1. The van der Waals surface area contributed by atoms with Gasteiger partial charge in [-0.2, -0.15) is 0 Å². The highest BCUT2D eigenvalue weighted by Crippen LogP contribution is 2.25. The van der Waals surface area contributed by atoms with Gasteiger partial charge in [0, 0.05) is 24.0 Å². The lowest BCUT2D eigenvalue weighted by atomic mass is 9.94. The first-order valence-corrected chi connectivity index (χ1v) is 16.0. The van der Waals surface area contributed by atoms with Crippen LogP contribution in [0.15, 0.2) is 78.9 Å². The first-order valence-electron chi connectivity index (χ1n) is 13.7. The van der Waals surface area contributed by atoms with Crippen molar-refractivity contribution < 1.29 is 22.4 Å². The molecule has 0 aliphatic heterocycles. The number of anilines is 1. The smallest absolute Gasteiger partial charge is 0.244 e. The van der Waals surface area contributed by atoms with Crippen molar-refractivity contribution in [2.24, 2.45) is 0 Å². The molecule has 0 aromatic heterocycles. The number of hydrogen-bond acceptors (Lipinski definition) is 4. The third kappa shape index (κ3) is 8.30. The number of rotatable bonds is 11. The topological polar surface area (TPSA) is 86.8 Å². The first kappa shape index (κ1) is 30.5. The maximum absolute atomic E-state index is 14.7. The zero-order valence-corrected chi connectivity index (χ0v) is 24.6. The number of sulfonamides is 1. The number of carbonyl (C=O) groups is 2. The van der Waals surface area contributed by atoms with Crippen LogP contribution in [0, 0.1) is 5.82 Å². The highest BCUT2D eigenvalue weighted by atomic mass is 35.5. The molecule has 1 atom stereocenters. The summed E-state index contributed by atoms with van der Waals surface area (Å²) >= 11 is 6.47. The highest BCUT2D eigenvalue weighted by Gasteiger charge is 2.34. The minimum Gasteiger partial charge on any atom is -0.352 e. The number of para-hydroxylation sites is 1. The molecule has 1 fully saturated rings. The normalized spacial score (nSPS) is 14.7. The van der Waals surface area contributed by atoms with Crippen LogP contribution in [-0.4, -0.2) is 50.0 Å². The Morgan fingerprint density at radius 2 is 1.59 bits per heavy atom. The van der Waals surface area contributed by atoms with E-state index in [9.17, 15) is 22.4 Å². The summed E-state index contributed by atoms with van der Waals surface area (Å²) in [7, 11) is -4.06. The Labute approximate surface area is 246 Å². The van der Waals surface area contributed by atoms with Crippen LogP contribution in [0.1, 0.15) is 43.2 Å². The second-order valence-corrected chi connectivity index (χ2v) is 12.7. The Hall–Kier alpha value is -3.43. The molecular weight excluding hydrogens is 565 g/mol. The van der Waals surface area contributed by atoms with Crippen molar-refractivity contribution in [3.63, 3.8) is 0 Å². The SMILES string of the molecule is CS(=O)(=O)N(CC(=O)N(Cc1ccccc1Cl)C(Cc1ccccc1)C(=O)NC1CCCCC1)c1ccccc1F. The summed E-state index contributed by atoms with van der Waals surface area (Å²) in [6.45, 7) is -0.727. The van der Waals surface area contributed by atoms with Crippen molar-refractivity contribution in [1.29, 1.82) is 0 Å². The number of benzene rings is 3. The van der Waals surface area contributed by atoms with Gasteiger partial charge in [0.25, 0.3) is 0 Å². The van der Waals surface area contributed by atoms with Crippen LogP contribution in [0.2, 0.25) is 5.02 Å². The van der Waals surface area contributed by atoms with Crippen molar-refractivity contribution in [2.45, 2.75) is 57.2 Å². The predicted molar refractivity (Wildman–Crippen MR) is 160 cm³/mol. The van der Waals surface area contributed by atoms with E-state index in [2.05, 4.69) is 5.32 Å². The van der Waals surface area contributed by atoms with Crippen LogP contribution in [-0.2, 0) is 32.6 Å². The largest absolute Gasteiger partial charge is 0.352 e. The second kappa shape index (κ2) is 14.0. The predicted octanol–water partition coefficient (Wildman–Crippen LogP) is 5.33. The van der Waals surface area contributed by atoms with Crippen LogP contribution in [0.3, 0.4) is 0 Å². The maximum atomic E-state index is 14.7. The Morgan fingerprint density at radius 3 is 2.24 bits per heavy atom. The van der Waals surface area contributed by atoms with E-state index >= 15 is 0 Å². The van der Waals surface area contributed by atoms with E-state index in [0.29, 0.717) is 10.6 Å². The Morgan fingerprint density at radius 1 is 0.951 bits per heavy atom. The molecule has 3 aromatic carbocycles. The molecule has 4 rings (SSSR count). The summed E-state index contributed by atoms with van der Waals surface area (Å²) < 4.78 is 41.1. The van der Waals surface area contributed by atoms with Gasteiger partial charge in [-0.15, -0.1) is 0 Å². The van der Waals surface area contributed by atoms with Crippen LogP contribution < -0.4 is 9.62 Å². The zero-order valence-electron chi connectivity index (χ0n) is 23.0. The molecule has 1 saturated carbocycles. The molecule has 0 spiro atoms. The third-order valence-electron chi connectivity index (χ3n) is 7.32. The van der Waals surface area contributed by atoms with Gasteiger partial charge in [0.1, 0.15) is 18.4 Å². The Kier molecular flexibility index (Phi) is 10.4. The summed E-state index contributed by atoms with van der Waals surface area (Å²) in [5.41, 5.74) is 1.19. The minimum atomic E-state index is -4.06. The fourth-order valence-corrected chi connectivity index (χ4v) is 6.20. The van der Waals surface area contributed by atoms with Gasteiger partial charge >= 0.3 is 0 Å². The van der Waals surface area contributed by atoms with Gasteiger partial charge in [0.2, 0.25) is 21.8 Å². The molecule has 1 aliphatic carbocycles. The maximum Gasteiger partial charge on any atom is 0.244 e. The zero-order chi connectivity index (χ0) is 29.4. The molecule has 41 heavy (non-hydrogen) atoms. The summed E-state index contributed by atoms with van der Waals surface area (Å²) in [5, 5.41) is 3.55. The Balaban J connectivity index is 1.74. The van der Waals surface area contributed by atoms with Crippen LogP contribution >= 0.6 is 11.6 Å². The van der Waals surface area contributed by atoms with Crippen molar-refractivity contribution in [3.05, 3.63) is 101 Å². The molecule has 1 N–H and O–H groups in total. The molecule has 218 valence electrons. The molecule has 2 amide bonds. The first-order chi connectivity index (χ1) is 19.6. The van der Waals surface area contributed by atoms with Gasteiger partial charge in [0.05, 0.1) is 11.9 Å². The van der Waals surface area contributed by atoms with E-state index in [1.54, 1.807) is 24.3 Å². The number of amides is 2. The van der Waals surface area contributed by atoms with Crippen LogP contribution in [0.4, 0.5) is 10.1 Å². The summed E-state index contributed by atoms with van der Waals surface area (Å²) in [4.78, 5) is 29.4. The van der Waals surface area contributed by atoms with E-state index in [0.717, 1.165) is 54.3 Å². The molecule has 3 aromatic rings. The van der Waals surface area contributed by atoms with Crippen molar-refractivity contribution in [1.82, 2.24) is 10.2 Å². The fraction of sp³-hybridized carbons (Fsp3) is 0.355. The van der Waals surface area contributed by atoms with Gasteiger partial charge in [0.15, 0.2) is 0 Å². The summed E-state index contributed by atoms with van der Waals surface area (Å²) in [6.07, 6.45) is 5.99. The molecular formula is C31H35ClFN3O4S. The minimum absolute atomic E-state index is 0.00211. The van der Waals surface area contributed by atoms with Crippen molar-refractivity contribution in [2.75, 3.05) is 17.1 Å². The third-order valence-corrected chi connectivity index (χ3v) is 8.82. The lowest BCUT2D eigenvalue weighted by Gasteiger charge is -2.35. The molecule has 10 heteroatoms. The second-order valence-electron chi connectivity index (χ2n) is 10.4. The van der Waals surface area contributed by atoms with Gasteiger partial charge in [-0.1, -0.05) is 91.5 Å². The molecule has 0 saturated heterocycles. The van der Waals surface area contributed by atoms with Gasteiger partial charge in [-0.25, -0.2) is 12.8 Å². The van der Waals surface area contributed by atoms with Crippen LogP contribution in [0.5, 0.6) is 0 Å². The molecule has 7 nitrogen and oxygen atoms in total. The molecule has 1 unspecified atom stereocenters. The van der Waals surface area contributed by atoms with Gasteiger partial charge in [-0.3, -0.25) is 13.9 Å². The molecule has 1 aliphatic rings. The monoisotopic (exact) mass is 599 g/mol. The Bertz CT molecular complexity index is 1450. The quantitative estimate of drug-likeness (QED) is 0.323. The number of hydrogen-bond donors (Lipinski definition) is 1. The summed E-state index contributed by atoms with van der Waals surface area (Å²) in [5.74, 6) is -1.75. The van der Waals surface area contributed by atoms with Crippen molar-refractivity contribution >= 4 is 39.1 Å². The average molecular weight is 600 g/mol. The highest BCUT2D eigenvalue weighted by molar-refractivity contribution is 7.92. The van der Waals surface area contributed by atoms with Gasteiger partial charge < -0.3 is 10.2 Å². The summed E-state index contributed by atoms with van der Waals surface area (Å²) in [6, 6.07) is 20.7. The van der Waals surface area contributed by atoms with E-state index < -0.39 is 34.3 Å². The van der Waals surface area contributed by atoms with E-state index in [-0.39, 0.29) is 30.6 Å². The lowest BCUT2D eigenvalue weighted by molar-refractivity contribution is -0.140. The average Bonchev–Trinajstić information content (AvgIpc) is 2.95. The number of carbonyl (C=O) groups excluding carboxylic acids is 2. The fourth-order valence-electron chi connectivity index (χ4n) is 5.16.